The summed E-state index contributed by atoms with van der Waals surface area (Å²) in [6.45, 7) is 4.19. The van der Waals surface area contributed by atoms with Crippen LogP contribution in [0, 0.1) is 6.92 Å². The number of carbonyl (C=O) groups is 1. The maximum Gasteiger partial charge on any atom is 0.146 e. The van der Waals surface area contributed by atoms with Crippen molar-refractivity contribution in [1.29, 1.82) is 0 Å². The highest BCUT2D eigenvalue weighted by molar-refractivity contribution is 5.82. The van der Waals surface area contributed by atoms with Crippen molar-refractivity contribution in [2.75, 3.05) is 0 Å². The number of hydrogen-bond donors (Lipinski definition) is 0. The molecule has 0 fully saturated rings. The lowest BCUT2D eigenvalue weighted by molar-refractivity contribution is -0.105. The summed E-state index contributed by atoms with van der Waals surface area (Å²) in [5, 5.41) is 0. The molecule has 2 nitrogen and oxygen atoms in total. The van der Waals surface area contributed by atoms with E-state index in [-0.39, 0.29) is 0 Å². The molecule has 0 N–H and O–H groups in total. The standard InChI is InChI=1S/C17H23NO/c1-3-4-7-14(12-19)10-16-11-15-8-5-6-9-17(15)18-13(16)2/h10-12H,3-9H2,1-2H3/b14-10+. The summed E-state index contributed by atoms with van der Waals surface area (Å²) in [7, 11) is 0. The first-order valence-corrected chi connectivity index (χ1v) is 7.39. The minimum Gasteiger partial charge on any atom is -0.298 e. The van der Waals surface area contributed by atoms with Gasteiger partial charge in [-0.2, -0.15) is 0 Å². The first kappa shape index (κ1) is 14.0. The van der Waals surface area contributed by atoms with Crippen molar-refractivity contribution in [2.24, 2.45) is 0 Å². The third-order valence-corrected chi connectivity index (χ3v) is 3.84. The molecule has 1 aliphatic rings. The predicted octanol–water partition coefficient (Wildman–Crippen LogP) is 4.04. The molecule has 0 unspecified atom stereocenters. The molecule has 0 saturated carbocycles. The molecule has 0 aromatic carbocycles. The molecule has 102 valence electrons. The van der Waals surface area contributed by atoms with Gasteiger partial charge in [-0.25, -0.2) is 0 Å². The molecule has 0 spiro atoms. The molecule has 2 heteroatoms. The fourth-order valence-corrected chi connectivity index (χ4v) is 2.65. The van der Waals surface area contributed by atoms with Gasteiger partial charge in [-0.1, -0.05) is 13.3 Å². The van der Waals surface area contributed by atoms with Gasteiger partial charge in [0.15, 0.2) is 0 Å². The molecule has 1 heterocycles. The van der Waals surface area contributed by atoms with Gasteiger partial charge in [0, 0.05) is 11.4 Å². The van der Waals surface area contributed by atoms with Crippen LogP contribution in [0.15, 0.2) is 11.6 Å². The monoisotopic (exact) mass is 257 g/mol. The largest absolute Gasteiger partial charge is 0.298 e. The van der Waals surface area contributed by atoms with E-state index >= 15 is 0 Å². The van der Waals surface area contributed by atoms with Crippen molar-refractivity contribution in [2.45, 2.75) is 58.8 Å². The Bertz CT molecular complexity index is 488. The zero-order chi connectivity index (χ0) is 13.7. The van der Waals surface area contributed by atoms with Gasteiger partial charge in [0.1, 0.15) is 6.29 Å². The van der Waals surface area contributed by atoms with Crippen LogP contribution in [0.2, 0.25) is 0 Å². The highest BCUT2D eigenvalue weighted by Gasteiger charge is 2.12. The number of allylic oxidation sites excluding steroid dienone is 1. The summed E-state index contributed by atoms with van der Waals surface area (Å²) in [5.41, 5.74) is 5.71. The second-order valence-electron chi connectivity index (χ2n) is 5.42. The summed E-state index contributed by atoms with van der Waals surface area (Å²) >= 11 is 0. The molecule has 19 heavy (non-hydrogen) atoms. The third kappa shape index (κ3) is 3.52. The lowest BCUT2D eigenvalue weighted by Crippen LogP contribution is -2.07. The zero-order valence-corrected chi connectivity index (χ0v) is 12.0. The number of pyridine rings is 1. The molecular formula is C17H23NO. The molecule has 0 saturated heterocycles. The fraction of sp³-hybridized carbons (Fsp3) is 0.529. The number of nitrogens with zero attached hydrogens (tertiary/aromatic N) is 1. The van der Waals surface area contributed by atoms with Crippen LogP contribution in [0.1, 0.15) is 61.5 Å². The number of aromatic nitrogens is 1. The number of hydrogen-bond acceptors (Lipinski definition) is 2. The van der Waals surface area contributed by atoms with E-state index in [1.807, 2.05) is 13.0 Å². The Morgan fingerprint density at radius 3 is 2.89 bits per heavy atom. The summed E-state index contributed by atoms with van der Waals surface area (Å²) < 4.78 is 0. The van der Waals surface area contributed by atoms with Crippen molar-refractivity contribution in [3.8, 4) is 0 Å². The van der Waals surface area contributed by atoms with E-state index in [4.69, 9.17) is 4.98 Å². The van der Waals surface area contributed by atoms with Gasteiger partial charge in [0.05, 0.1) is 0 Å². The molecule has 0 amide bonds. The number of rotatable bonds is 5. The van der Waals surface area contributed by atoms with Crippen LogP contribution in [0.3, 0.4) is 0 Å². The molecule has 0 atom stereocenters. The van der Waals surface area contributed by atoms with E-state index in [0.717, 1.165) is 55.2 Å². The third-order valence-electron chi connectivity index (χ3n) is 3.84. The van der Waals surface area contributed by atoms with Crippen molar-refractivity contribution in [3.05, 3.63) is 34.2 Å². The molecule has 0 bridgehead atoms. The number of aryl methyl sites for hydroxylation is 3. The molecule has 1 aromatic rings. The first-order chi connectivity index (χ1) is 9.24. The van der Waals surface area contributed by atoms with Gasteiger partial charge in [-0.15, -0.1) is 0 Å². The van der Waals surface area contributed by atoms with Gasteiger partial charge in [0.2, 0.25) is 0 Å². The summed E-state index contributed by atoms with van der Waals surface area (Å²) in [4.78, 5) is 15.8. The van der Waals surface area contributed by atoms with Crippen molar-refractivity contribution in [3.63, 3.8) is 0 Å². The number of carbonyl (C=O) groups excluding carboxylic acids is 1. The molecule has 2 rings (SSSR count). The zero-order valence-electron chi connectivity index (χ0n) is 12.0. The van der Waals surface area contributed by atoms with Crippen molar-refractivity contribution in [1.82, 2.24) is 4.98 Å². The van der Waals surface area contributed by atoms with Gasteiger partial charge < -0.3 is 0 Å². The summed E-state index contributed by atoms with van der Waals surface area (Å²) in [6, 6.07) is 2.24. The second-order valence-corrected chi connectivity index (χ2v) is 5.42. The van der Waals surface area contributed by atoms with Crippen LogP contribution in [0.4, 0.5) is 0 Å². The highest BCUT2D eigenvalue weighted by Crippen LogP contribution is 2.23. The predicted molar refractivity (Wildman–Crippen MR) is 79.2 cm³/mol. The van der Waals surface area contributed by atoms with Crippen LogP contribution in [-0.2, 0) is 17.6 Å². The maximum absolute atomic E-state index is 11.1. The Kier molecular flexibility index (Phi) is 4.89. The van der Waals surface area contributed by atoms with Gasteiger partial charge in [-0.3, -0.25) is 9.78 Å². The van der Waals surface area contributed by atoms with Crippen LogP contribution < -0.4 is 0 Å². The Balaban J connectivity index is 2.28. The molecule has 0 aliphatic heterocycles. The average molecular weight is 257 g/mol. The molecule has 0 radical (unpaired) electrons. The van der Waals surface area contributed by atoms with Crippen molar-refractivity contribution < 1.29 is 4.79 Å². The average Bonchev–Trinajstić information content (AvgIpc) is 2.43. The molecular weight excluding hydrogens is 234 g/mol. The van der Waals surface area contributed by atoms with Crippen LogP contribution in [0.5, 0.6) is 0 Å². The number of unbranched alkanes of at least 4 members (excludes halogenated alkanes) is 1. The van der Waals surface area contributed by atoms with E-state index in [0.29, 0.717) is 0 Å². The summed E-state index contributed by atoms with van der Waals surface area (Å²) in [5.74, 6) is 0. The van der Waals surface area contributed by atoms with E-state index in [9.17, 15) is 4.79 Å². The van der Waals surface area contributed by atoms with Crippen molar-refractivity contribution >= 4 is 12.4 Å². The lowest BCUT2D eigenvalue weighted by Gasteiger charge is -2.16. The number of fused-ring (bicyclic) bond motifs is 1. The van der Waals surface area contributed by atoms with Gasteiger partial charge in [0.25, 0.3) is 0 Å². The second kappa shape index (κ2) is 6.65. The van der Waals surface area contributed by atoms with E-state index in [1.165, 1.54) is 24.1 Å². The Morgan fingerprint density at radius 2 is 2.16 bits per heavy atom. The Hall–Kier alpha value is -1.44. The SMILES string of the molecule is CCCC/C(C=O)=C\c1cc2c(nc1C)CCCC2. The topological polar surface area (TPSA) is 30.0 Å². The maximum atomic E-state index is 11.1. The lowest BCUT2D eigenvalue weighted by atomic mass is 9.93. The molecule has 1 aliphatic carbocycles. The van der Waals surface area contributed by atoms with E-state index < -0.39 is 0 Å². The smallest absolute Gasteiger partial charge is 0.146 e. The Labute approximate surface area is 115 Å². The Morgan fingerprint density at radius 1 is 1.37 bits per heavy atom. The normalized spacial score (nSPS) is 15.2. The van der Waals surface area contributed by atoms with Gasteiger partial charge >= 0.3 is 0 Å². The highest BCUT2D eigenvalue weighted by atomic mass is 16.1. The van der Waals surface area contributed by atoms with Crippen LogP contribution in [-0.4, -0.2) is 11.3 Å². The van der Waals surface area contributed by atoms with Crippen LogP contribution >= 0.6 is 0 Å². The fourth-order valence-electron chi connectivity index (χ4n) is 2.65. The van der Waals surface area contributed by atoms with Gasteiger partial charge in [-0.05, 0) is 74.3 Å². The van der Waals surface area contributed by atoms with E-state index in [2.05, 4.69) is 13.0 Å². The van der Waals surface area contributed by atoms with E-state index in [1.54, 1.807) is 0 Å². The first-order valence-electron chi connectivity index (χ1n) is 7.39. The summed E-state index contributed by atoms with van der Waals surface area (Å²) in [6.07, 6.45) is 10.8. The molecule has 1 aromatic heterocycles. The van der Waals surface area contributed by atoms with Crippen LogP contribution in [0.25, 0.3) is 6.08 Å². The number of aldehydes is 1. The minimum absolute atomic E-state index is 0.872. The minimum atomic E-state index is 0.872. The quantitative estimate of drug-likeness (QED) is 0.588.